The summed E-state index contributed by atoms with van der Waals surface area (Å²) in [4.78, 5) is 21.2. The molecule has 0 atom stereocenters. The Hall–Kier alpha value is -2.35. The van der Waals surface area contributed by atoms with Gasteiger partial charge in [0.1, 0.15) is 0 Å². The molecule has 1 aliphatic rings. The van der Waals surface area contributed by atoms with E-state index in [0.29, 0.717) is 5.02 Å². The summed E-state index contributed by atoms with van der Waals surface area (Å²) in [5.74, 6) is 0. The molecule has 2 aromatic carbocycles. The molecule has 156 valence electrons. The SMILES string of the molecule is O=c1[nH]c2cc(Cl)ccc2n1C1CCN(CCCn2c(=S)[nH]c3ccccc32)CC1. The average molecular weight is 442 g/mol. The second-order valence-corrected chi connectivity index (χ2v) is 8.81. The second-order valence-electron chi connectivity index (χ2n) is 7.99. The van der Waals surface area contributed by atoms with Gasteiger partial charge in [0, 0.05) is 30.7 Å². The van der Waals surface area contributed by atoms with Gasteiger partial charge in [-0.25, -0.2) is 4.79 Å². The minimum Gasteiger partial charge on any atom is -0.331 e. The fourth-order valence-electron chi connectivity index (χ4n) is 4.65. The Morgan fingerprint density at radius 1 is 1.00 bits per heavy atom. The molecule has 0 amide bonds. The van der Waals surface area contributed by atoms with E-state index in [1.54, 1.807) is 0 Å². The Kier molecular flexibility index (Phi) is 5.26. The Bertz CT molecular complexity index is 1310. The van der Waals surface area contributed by atoms with Crippen LogP contribution in [0.15, 0.2) is 47.3 Å². The molecule has 5 rings (SSSR count). The van der Waals surface area contributed by atoms with Gasteiger partial charge >= 0.3 is 5.69 Å². The number of aromatic nitrogens is 4. The van der Waals surface area contributed by atoms with Crippen molar-refractivity contribution in [1.82, 2.24) is 24.0 Å². The summed E-state index contributed by atoms with van der Waals surface area (Å²) in [6.07, 6.45) is 3.00. The van der Waals surface area contributed by atoms with Crippen LogP contribution in [0.2, 0.25) is 5.02 Å². The van der Waals surface area contributed by atoms with Crippen molar-refractivity contribution in [2.24, 2.45) is 0 Å². The lowest BCUT2D eigenvalue weighted by Gasteiger charge is -2.32. The van der Waals surface area contributed by atoms with Gasteiger partial charge in [-0.1, -0.05) is 23.7 Å². The maximum atomic E-state index is 12.5. The fourth-order valence-corrected chi connectivity index (χ4v) is 5.12. The minimum atomic E-state index is -0.0422. The van der Waals surface area contributed by atoms with Crippen molar-refractivity contribution >= 4 is 45.9 Å². The van der Waals surface area contributed by atoms with Crippen molar-refractivity contribution in [3.05, 3.63) is 62.7 Å². The van der Waals surface area contributed by atoms with E-state index in [1.807, 2.05) is 34.9 Å². The number of hydrogen-bond acceptors (Lipinski definition) is 3. The largest absolute Gasteiger partial charge is 0.331 e. The van der Waals surface area contributed by atoms with E-state index >= 15 is 0 Å². The zero-order valence-corrected chi connectivity index (χ0v) is 18.2. The van der Waals surface area contributed by atoms with Crippen LogP contribution in [0, 0.1) is 4.77 Å². The van der Waals surface area contributed by atoms with Crippen molar-refractivity contribution in [2.45, 2.75) is 31.8 Å². The first-order chi connectivity index (χ1) is 14.6. The van der Waals surface area contributed by atoms with Crippen LogP contribution in [0.3, 0.4) is 0 Å². The Labute approximate surface area is 184 Å². The number of nitrogens with one attached hydrogen (secondary N) is 2. The summed E-state index contributed by atoms with van der Waals surface area (Å²) in [5.41, 5.74) is 3.97. The molecule has 0 bridgehead atoms. The predicted molar refractivity (Wildman–Crippen MR) is 124 cm³/mol. The van der Waals surface area contributed by atoms with Crippen molar-refractivity contribution < 1.29 is 0 Å². The number of nitrogens with zero attached hydrogens (tertiary/aromatic N) is 3. The van der Waals surface area contributed by atoms with Crippen LogP contribution < -0.4 is 5.69 Å². The van der Waals surface area contributed by atoms with Crippen molar-refractivity contribution in [3.8, 4) is 0 Å². The summed E-state index contributed by atoms with van der Waals surface area (Å²) < 4.78 is 4.89. The number of para-hydroxylation sites is 2. The molecule has 3 heterocycles. The first-order valence-corrected chi connectivity index (χ1v) is 11.2. The van der Waals surface area contributed by atoms with Gasteiger partial charge in [0.2, 0.25) is 0 Å². The van der Waals surface area contributed by atoms with Crippen LogP contribution in [-0.4, -0.2) is 43.6 Å². The molecule has 0 saturated carbocycles. The Morgan fingerprint density at radius 3 is 2.63 bits per heavy atom. The molecular formula is C22H24ClN5OS. The van der Waals surface area contributed by atoms with E-state index < -0.39 is 0 Å². The van der Waals surface area contributed by atoms with Gasteiger partial charge < -0.3 is 19.4 Å². The van der Waals surface area contributed by atoms with E-state index in [2.05, 4.69) is 31.6 Å². The van der Waals surface area contributed by atoms with E-state index in [-0.39, 0.29) is 11.7 Å². The van der Waals surface area contributed by atoms with Gasteiger partial charge in [0.15, 0.2) is 4.77 Å². The van der Waals surface area contributed by atoms with E-state index in [0.717, 1.165) is 66.8 Å². The van der Waals surface area contributed by atoms with Gasteiger partial charge in [-0.3, -0.25) is 4.57 Å². The van der Waals surface area contributed by atoms with Crippen LogP contribution in [0.25, 0.3) is 22.1 Å². The molecule has 0 aliphatic carbocycles. The van der Waals surface area contributed by atoms with E-state index in [4.69, 9.17) is 23.8 Å². The molecule has 2 N–H and O–H groups in total. The van der Waals surface area contributed by atoms with Crippen LogP contribution in [0.5, 0.6) is 0 Å². The third kappa shape index (κ3) is 3.62. The third-order valence-electron chi connectivity index (χ3n) is 6.14. The molecule has 4 aromatic rings. The standard InChI is InChI=1S/C22H24ClN5OS/c23-15-6-7-20-18(14-15)24-21(29)28(20)16-8-12-26(13-9-16)10-3-11-27-19-5-2-1-4-17(19)25-22(27)30/h1-2,4-7,14,16H,3,8-13H2,(H,24,29)(H,25,30). The molecule has 1 fully saturated rings. The highest BCUT2D eigenvalue weighted by Gasteiger charge is 2.23. The molecule has 0 radical (unpaired) electrons. The lowest BCUT2D eigenvalue weighted by atomic mass is 10.0. The number of rotatable bonds is 5. The molecule has 0 spiro atoms. The number of aryl methyl sites for hydroxylation is 1. The van der Waals surface area contributed by atoms with Crippen molar-refractivity contribution in [1.29, 1.82) is 0 Å². The first kappa shape index (κ1) is 19.6. The number of aromatic amines is 2. The number of fused-ring (bicyclic) bond motifs is 2. The number of halogens is 1. The Morgan fingerprint density at radius 2 is 1.80 bits per heavy atom. The van der Waals surface area contributed by atoms with Gasteiger partial charge in [0.05, 0.1) is 22.1 Å². The van der Waals surface area contributed by atoms with Crippen LogP contribution >= 0.6 is 23.8 Å². The highest BCUT2D eigenvalue weighted by Crippen LogP contribution is 2.26. The lowest BCUT2D eigenvalue weighted by molar-refractivity contribution is 0.183. The third-order valence-corrected chi connectivity index (χ3v) is 6.70. The molecular weight excluding hydrogens is 418 g/mol. The first-order valence-electron chi connectivity index (χ1n) is 10.4. The lowest BCUT2D eigenvalue weighted by Crippen LogP contribution is -2.37. The summed E-state index contributed by atoms with van der Waals surface area (Å²) in [6.45, 7) is 3.94. The van der Waals surface area contributed by atoms with Gasteiger partial charge in [-0.15, -0.1) is 0 Å². The number of piperidine rings is 1. The number of hydrogen-bond donors (Lipinski definition) is 2. The van der Waals surface area contributed by atoms with Crippen molar-refractivity contribution in [2.75, 3.05) is 19.6 Å². The molecule has 2 aromatic heterocycles. The summed E-state index contributed by atoms with van der Waals surface area (Å²) in [5, 5.41) is 0.640. The zero-order chi connectivity index (χ0) is 20.7. The van der Waals surface area contributed by atoms with Crippen LogP contribution in [-0.2, 0) is 6.54 Å². The summed E-state index contributed by atoms with van der Waals surface area (Å²) in [7, 11) is 0. The van der Waals surface area contributed by atoms with Crippen LogP contribution in [0.4, 0.5) is 0 Å². The molecule has 6 nitrogen and oxygen atoms in total. The van der Waals surface area contributed by atoms with Gasteiger partial charge in [0.25, 0.3) is 0 Å². The molecule has 1 saturated heterocycles. The molecule has 8 heteroatoms. The normalized spacial score (nSPS) is 16.0. The maximum absolute atomic E-state index is 12.5. The smallest absolute Gasteiger partial charge is 0.326 e. The van der Waals surface area contributed by atoms with Gasteiger partial charge in [-0.2, -0.15) is 0 Å². The highest BCUT2D eigenvalue weighted by atomic mass is 35.5. The number of benzene rings is 2. The van der Waals surface area contributed by atoms with E-state index in [1.165, 1.54) is 5.52 Å². The fraction of sp³-hybridized carbons (Fsp3) is 0.364. The second kappa shape index (κ2) is 8.06. The Balaban J connectivity index is 1.21. The van der Waals surface area contributed by atoms with E-state index in [9.17, 15) is 4.79 Å². The number of H-pyrrole nitrogens is 2. The summed E-state index contributed by atoms with van der Waals surface area (Å²) >= 11 is 11.6. The molecule has 0 unspecified atom stereocenters. The number of likely N-dealkylation sites (tertiary alicyclic amines) is 1. The molecule has 1 aliphatic heterocycles. The predicted octanol–water partition coefficient (Wildman–Crippen LogP) is 4.72. The minimum absolute atomic E-state index is 0.0422. The maximum Gasteiger partial charge on any atom is 0.326 e. The molecule has 30 heavy (non-hydrogen) atoms. The quantitative estimate of drug-likeness (QED) is 0.440. The average Bonchev–Trinajstić information content (AvgIpc) is 3.23. The highest BCUT2D eigenvalue weighted by molar-refractivity contribution is 7.71. The number of imidazole rings is 2. The topological polar surface area (TPSA) is 61.8 Å². The van der Waals surface area contributed by atoms with Crippen LogP contribution in [0.1, 0.15) is 25.3 Å². The zero-order valence-electron chi connectivity index (χ0n) is 16.6. The summed E-state index contributed by atoms with van der Waals surface area (Å²) in [6, 6.07) is 14.1. The van der Waals surface area contributed by atoms with Gasteiger partial charge in [-0.05, 0) is 68.4 Å². The monoisotopic (exact) mass is 441 g/mol. The van der Waals surface area contributed by atoms with Crippen molar-refractivity contribution in [3.63, 3.8) is 0 Å².